The van der Waals surface area contributed by atoms with Gasteiger partial charge in [0.1, 0.15) is 11.8 Å². The molecule has 1 aliphatic heterocycles. The van der Waals surface area contributed by atoms with Crippen molar-refractivity contribution in [3.8, 4) is 0 Å². The molecular weight excluding hydrogens is 505 g/mol. The van der Waals surface area contributed by atoms with Gasteiger partial charge in [-0.15, -0.1) is 11.6 Å². The summed E-state index contributed by atoms with van der Waals surface area (Å²) in [4.78, 5) is 8.45. The Balaban J connectivity index is 0.00000126. The van der Waals surface area contributed by atoms with Gasteiger partial charge in [0.05, 0.1) is 11.2 Å². The van der Waals surface area contributed by atoms with Crippen LogP contribution in [0.15, 0.2) is 46.2 Å². The molecule has 9 heteroatoms. The number of benzene rings is 1. The minimum absolute atomic E-state index is 0.0913. The number of halogens is 4. The van der Waals surface area contributed by atoms with Crippen molar-refractivity contribution < 1.29 is 8.78 Å². The first-order valence-corrected chi connectivity index (χ1v) is 11.9. The molecule has 0 fully saturated rings. The summed E-state index contributed by atoms with van der Waals surface area (Å²) in [5.41, 5.74) is 2.46. The third-order valence-electron chi connectivity index (χ3n) is 3.81. The van der Waals surface area contributed by atoms with E-state index in [-0.39, 0.29) is 6.00 Å². The van der Waals surface area contributed by atoms with E-state index in [4.69, 9.17) is 11.6 Å². The van der Waals surface area contributed by atoms with E-state index in [9.17, 15) is 8.78 Å². The molecule has 0 saturated carbocycles. The molecule has 4 nitrogen and oxygen atoms in total. The highest BCUT2D eigenvalue weighted by Gasteiger charge is 2.24. The van der Waals surface area contributed by atoms with Gasteiger partial charge in [0.25, 0.3) is 0 Å². The van der Waals surface area contributed by atoms with Crippen molar-refractivity contribution >= 4 is 71.1 Å². The molecule has 3 rings (SSSR count). The molecule has 0 bridgehead atoms. The van der Waals surface area contributed by atoms with Crippen LogP contribution in [0.2, 0.25) is 0 Å². The molecule has 0 unspecified atom stereocenters. The average molecular weight is 523 g/mol. The lowest BCUT2D eigenvalue weighted by Gasteiger charge is -2.13. The lowest BCUT2D eigenvalue weighted by Crippen LogP contribution is -2.14. The Bertz CT molecular complexity index is 952. The first-order chi connectivity index (χ1) is 13.0. The zero-order valence-electron chi connectivity index (χ0n) is 15.0. The largest absolute Gasteiger partial charge is 0.350 e. The van der Waals surface area contributed by atoms with Crippen molar-refractivity contribution in [3.63, 3.8) is 0 Å². The summed E-state index contributed by atoms with van der Waals surface area (Å²) >= 11 is 7.92. The minimum Gasteiger partial charge on any atom is -0.350 e. The lowest BCUT2D eigenvalue weighted by molar-refractivity contribution is 0.510. The molecule has 0 radical (unpaired) electrons. The second-order valence-electron chi connectivity index (χ2n) is 5.17. The maximum Gasteiger partial charge on any atom is 0.160 e. The molecule has 1 aromatic carbocycles. The molecule has 0 atom stereocenters. The summed E-state index contributed by atoms with van der Waals surface area (Å²) in [5, 5.41) is 0.551. The molecule has 0 saturated heterocycles. The van der Waals surface area contributed by atoms with Crippen LogP contribution in [0.25, 0.3) is 16.6 Å². The van der Waals surface area contributed by atoms with Crippen molar-refractivity contribution in [2.75, 3.05) is 6.00 Å². The molecule has 2 heterocycles. The van der Waals surface area contributed by atoms with Crippen molar-refractivity contribution in [1.82, 2.24) is 8.87 Å². The Morgan fingerprint density at radius 1 is 1.30 bits per heavy atom. The highest BCUT2D eigenvalue weighted by Crippen LogP contribution is 2.36. The topological polar surface area (TPSA) is 32.9 Å². The van der Waals surface area contributed by atoms with Gasteiger partial charge in [-0.05, 0) is 18.9 Å². The van der Waals surface area contributed by atoms with E-state index in [2.05, 4.69) is 37.9 Å². The predicted molar refractivity (Wildman–Crippen MR) is 121 cm³/mol. The zero-order valence-corrected chi connectivity index (χ0v) is 18.7. The van der Waals surface area contributed by atoms with Crippen molar-refractivity contribution in [1.29, 1.82) is 0 Å². The number of aromatic nitrogens is 1. The van der Waals surface area contributed by atoms with E-state index in [1.165, 1.54) is 21.3 Å². The second kappa shape index (κ2) is 9.70. The molecule has 0 spiro atoms. The number of aliphatic imine (C=N–C) groups is 2. The Morgan fingerprint density at radius 3 is 2.56 bits per heavy atom. The summed E-state index contributed by atoms with van der Waals surface area (Å²) in [7, 11) is 3.20. The minimum atomic E-state index is -0.908. The highest BCUT2D eigenvalue weighted by atomic mass is 127. The quantitative estimate of drug-likeness (QED) is 0.155. The number of alkyl halides is 1. The maximum atomic E-state index is 13.8. The van der Waals surface area contributed by atoms with E-state index in [0.29, 0.717) is 28.0 Å². The van der Waals surface area contributed by atoms with Gasteiger partial charge in [0.2, 0.25) is 0 Å². The van der Waals surface area contributed by atoms with Gasteiger partial charge in [0.15, 0.2) is 11.6 Å². The molecule has 2 aromatic rings. The fourth-order valence-electron chi connectivity index (χ4n) is 2.74. The first-order valence-electron chi connectivity index (χ1n) is 8.04. The number of rotatable bonds is 4. The molecule has 0 amide bonds. The number of aryl methyl sites for hydroxylation is 1. The Kier molecular flexibility index (Phi) is 7.87. The molecule has 27 heavy (non-hydrogen) atoms. The van der Waals surface area contributed by atoms with Crippen LogP contribution in [-0.2, 0) is 7.05 Å². The standard InChI is InChI=1S/C16H12ClF2IN4S.C2H6/c1-21-15(9-3-4-24(25-20)16(9)22-8-17)11-7-23(2)14-6-13(19)12(18)5-10(11)14;1-2/h3-7H,1,8H2,2H3;1-2H3/b15-9-,22-16+;. The van der Waals surface area contributed by atoms with Crippen LogP contribution in [0.5, 0.6) is 0 Å². The second-order valence-corrected chi connectivity index (χ2v) is 7.12. The molecule has 1 aliphatic rings. The zero-order chi connectivity index (χ0) is 20.1. The Labute approximate surface area is 178 Å². The van der Waals surface area contributed by atoms with E-state index in [0.717, 1.165) is 5.57 Å². The summed E-state index contributed by atoms with van der Waals surface area (Å²) in [6.07, 6.45) is 5.46. The molecule has 0 aliphatic carbocycles. The number of hydrogen-bond donors (Lipinski definition) is 0. The van der Waals surface area contributed by atoms with Crippen LogP contribution in [-0.4, -0.2) is 27.4 Å². The van der Waals surface area contributed by atoms with Crippen LogP contribution in [0, 0.1) is 11.6 Å². The van der Waals surface area contributed by atoms with Crippen molar-refractivity contribution in [3.05, 3.63) is 53.4 Å². The van der Waals surface area contributed by atoms with Gasteiger partial charge in [-0.1, -0.05) is 13.8 Å². The molecule has 1 aromatic heterocycles. The first kappa shape index (κ1) is 21.9. The Hall–Kier alpha value is -1.39. The van der Waals surface area contributed by atoms with Gasteiger partial charge < -0.3 is 4.57 Å². The molecule has 0 N–H and O–H groups in total. The third kappa shape index (κ3) is 4.22. The van der Waals surface area contributed by atoms with Crippen molar-refractivity contribution in [2.45, 2.75) is 13.8 Å². The number of hydrogen-bond acceptors (Lipinski definition) is 3. The summed E-state index contributed by atoms with van der Waals surface area (Å²) in [6.45, 7) is 7.65. The Morgan fingerprint density at radius 2 is 1.96 bits per heavy atom. The van der Waals surface area contributed by atoms with Gasteiger partial charge >= 0.3 is 0 Å². The fourth-order valence-corrected chi connectivity index (χ4v) is 4.13. The van der Waals surface area contributed by atoms with E-state index < -0.39 is 11.6 Å². The van der Waals surface area contributed by atoms with Crippen LogP contribution in [0.4, 0.5) is 8.78 Å². The average Bonchev–Trinajstić information content (AvgIpc) is 3.21. The van der Waals surface area contributed by atoms with E-state index >= 15 is 0 Å². The normalized spacial score (nSPS) is 16.7. The van der Waals surface area contributed by atoms with Gasteiger partial charge in [-0.25, -0.2) is 8.78 Å². The summed E-state index contributed by atoms with van der Waals surface area (Å²) in [5.74, 6) is -1.16. The van der Waals surface area contributed by atoms with Crippen LogP contribution in [0.3, 0.4) is 0 Å². The summed E-state index contributed by atoms with van der Waals surface area (Å²) in [6, 6.07) is 2.44. The predicted octanol–water partition coefficient (Wildman–Crippen LogP) is 6.32. The fraction of sp³-hybridized carbons (Fsp3) is 0.222. The van der Waals surface area contributed by atoms with E-state index in [1.807, 2.05) is 30.4 Å². The maximum absolute atomic E-state index is 13.8. The van der Waals surface area contributed by atoms with Crippen LogP contribution < -0.4 is 0 Å². The van der Waals surface area contributed by atoms with Gasteiger partial charge in [-0.2, -0.15) is 0 Å². The van der Waals surface area contributed by atoms with Gasteiger partial charge in [0, 0.05) is 72.4 Å². The van der Waals surface area contributed by atoms with Gasteiger partial charge in [-0.3, -0.25) is 14.3 Å². The SMILES string of the molecule is C=N/C(=C1/C=CN(SI)/C1=N/CCl)c1cn(C)c2cc(F)c(F)cc12.CC. The monoisotopic (exact) mass is 522 g/mol. The third-order valence-corrected chi connectivity index (χ3v) is 5.65. The molecular formula is C18H18ClF2IN4S. The lowest BCUT2D eigenvalue weighted by atomic mass is 10.1. The number of fused-ring (bicyclic) bond motifs is 1. The van der Waals surface area contributed by atoms with Crippen molar-refractivity contribution in [2.24, 2.45) is 17.0 Å². The number of nitrogens with zero attached hydrogens (tertiary/aromatic N) is 4. The van der Waals surface area contributed by atoms with Crippen LogP contribution >= 0.6 is 41.9 Å². The smallest absolute Gasteiger partial charge is 0.160 e. The molecule has 144 valence electrons. The number of amidine groups is 1. The van der Waals surface area contributed by atoms with Crippen LogP contribution in [0.1, 0.15) is 19.4 Å². The van der Waals surface area contributed by atoms with E-state index in [1.54, 1.807) is 17.8 Å². The summed E-state index contributed by atoms with van der Waals surface area (Å²) < 4.78 is 30.9. The highest BCUT2D eigenvalue weighted by molar-refractivity contribution is 14.2.